The first-order valence-corrected chi connectivity index (χ1v) is 6.62. The third kappa shape index (κ3) is 1.21. The van der Waals surface area contributed by atoms with Crippen LogP contribution in [0, 0.1) is 17.8 Å². The average Bonchev–Trinajstić information content (AvgIpc) is 3.20. The van der Waals surface area contributed by atoms with Crippen molar-refractivity contribution in [2.45, 2.75) is 37.7 Å². The third-order valence-electron chi connectivity index (χ3n) is 4.89. The fourth-order valence-corrected chi connectivity index (χ4v) is 3.84. The van der Waals surface area contributed by atoms with Gasteiger partial charge in [-0.05, 0) is 60.5 Å². The number of hydrogen-bond donors (Lipinski definition) is 1. The quantitative estimate of drug-likeness (QED) is 0.802. The highest BCUT2D eigenvalue weighted by molar-refractivity contribution is 5.40. The standard InChI is InChI=1S/C15H18O/c16-15(10-5-6-10)14-12-8-7-9-3-1-2-4-11(9)13(12)14/h1-4,10,12-16H,5-8H2. The van der Waals surface area contributed by atoms with Crippen molar-refractivity contribution in [1.29, 1.82) is 0 Å². The van der Waals surface area contributed by atoms with Gasteiger partial charge >= 0.3 is 0 Å². The Kier molecular flexibility index (Phi) is 1.79. The lowest BCUT2D eigenvalue weighted by Crippen LogP contribution is -2.13. The molecule has 0 saturated heterocycles. The van der Waals surface area contributed by atoms with Crippen molar-refractivity contribution in [3.05, 3.63) is 35.4 Å². The number of rotatable bonds is 2. The number of aliphatic hydroxyl groups is 1. The predicted molar refractivity (Wildman–Crippen MR) is 63.2 cm³/mol. The molecular formula is C15H18O. The number of fused-ring (bicyclic) bond motifs is 3. The Bertz CT molecular complexity index is 421. The number of hydrogen-bond acceptors (Lipinski definition) is 1. The van der Waals surface area contributed by atoms with Gasteiger partial charge in [0, 0.05) is 0 Å². The highest BCUT2D eigenvalue weighted by Crippen LogP contribution is 2.63. The molecule has 4 rings (SSSR count). The molecule has 0 radical (unpaired) electrons. The van der Waals surface area contributed by atoms with E-state index >= 15 is 0 Å². The summed E-state index contributed by atoms with van der Waals surface area (Å²) in [4.78, 5) is 0. The summed E-state index contributed by atoms with van der Waals surface area (Å²) < 4.78 is 0. The maximum Gasteiger partial charge on any atom is 0.0605 e. The summed E-state index contributed by atoms with van der Waals surface area (Å²) in [5.74, 6) is 2.73. The number of benzene rings is 1. The zero-order valence-corrected chi connectivity index (χ0v) is 9.47. The lowest BCUT2D eigenvalue weighted by Gasteiger charge is -2.13. The largest absolute Gasteiger partial charge is 0.393 e. The van der Waals surface area contributed by atoms with Crippen molar-refractivity contribution < 1.29 is 5.11 Å². The van der Waals surface area contributed by atoms with E-state index in [0.717, 1.165) is 5.92 Å². The topological polar surface area (TPSA) is 20.2 Å². The Morgan fingerprint density at radius 1 is 1.12 bits per heavy atom. The van der Waals surface area contributed by atoms with Crippen LogP contribution in [0.2, 0.25) is 0 Å². The zero-order chi connectivity index (χ0) is 10.7. The molecule has 1 N–H and O–H groups in total. The summed E-state index contributed by atoms with van der Waals surface area (Å²) in [5, 5.41) is 10.3. The molecule has 0 heterocycles. The molecule has 16 heavy (non-hydrogen) atoms. The van der Waals surface area contributed by atoms with Gasteiger partial charge in [-0.15, -0.1) is 0 Å². The molecule has 0 aromatic heterocycles. The lowest BCUT2D eigenvalue weighted by molar-refractivity contribution is 0.120. The van der Waals surface area contributed by atoms with E-state index in [9.17, 15) is 5.11 Å². The van der Waals surface area contributed by atoms with Crippen LogP contribution in [0.1, 0.15) is 36.3 Å². The Hall–Kier alpha value is -0.820. The van der Waals surface area contributed by atoms with Crippen LogP contribution < -0.4 is 0 Å². The smallest absolute Gasteiger partial charge is 0.0605 e. The first kappa shape index (κ1) is 9.23. The van der Waals surface area contributed by atoms with E-state index in [1.807, 2.05) is 0 Å². The van der Waals surface area contributed by atoms with Crippen molar-refractivity contribution in [3.8, 4) is 0 Å². The van der Waals surface area contributed by atoms with Crippen LogP contribution in [-0.2, 0) is 6.42 Å². The average molecular weight is 214 g/mol. The summed E-state index contributed by atoms with van der Waals surface area (Å²) in [7, 11) is 0. The van der Waals surface area contributed by atoms with Crippen LogP contribution in [0.4, 0.5) is 0 Å². The molecule has 1 nitrogen and oxygen atoms in total. The molecule has 1 heteroatoms. The van der Waals surface area contributed by atoms with Crippen LogP contribution in [0.3, 0.4) is 0 Å². The van der Waals surface area contributed by atoms with Crippen LogP contribution in [0.15, 0.2) is 24.3 Å². The van der Waals surface area contributed by atoms with E-state index in [4.69, 9.17) is 0 Å². The zero-order valence-electron chi connectivity index (χ0n) is 9.47. The maximum atomic E-state index is 10.3. The predicted octanol–water partition coefficient (Wildman–Crippen LogP) is 2.73. The SMILES string of the molecule is OC(C1CC1)C1C2CCc3ccccc3C21. The molecule has 0 bridgehead atoms. The molecule has 1 aromatic carbocycles. The summed E-state index contributed by atoms with van der Waals surface area (Å²) >= 11 is 0. The highest BCUT2D eigenvalue weighted by Gasteiger charge is 2.58. The molecule has 0 aliphatic heterocycles. The van der Waals surface area contributed by atoms with Gasteiger partial charge in [-0.3, -0.25) is 0 Å². The molecule has 0 spiro atoms. The van der Waals surface area contributed by atoms with E-state index < -0.39 is 0 Å². The van der Waals surface area contributed by atoms with Gasteiger partial charge < -0.3 is 5.11 Å². The number of aryl methyl sites for hydroxylation is 1. The van der Waals surface area contributed by atoms with Crippen LogP contribution in [0.25, 0.3) is 0 Å². The van der Waals surface area contributed by atoms with Crippen molar-refractivity contribution in [1.82, 2.24) is 0 Å². The van der Waals surface area contributed by atoms with E-state index in [2.05, 4.69) is 24.3 Å². The maximum absolute atomic E-state index is 10.3. The van der Waals surface area contributed by atoms with Gasteiger partial charge in [0.2, 0.25) is 0 Å². The molecule has 2 fully saturated rings. The molecule has 1 aromatic rings. The fourth-order valence-electron chi connectivity index (χ4n) is 3.84. The third-order valence-corrected chi connectivity index (χ3v) is 4.89. The first-order chi connectivity index (χ1) is 7.86. The van der Waals surface area contributed by atoms with Gasteiger partial charge in [0.25, 0.3) is 0 Å². The Morgan fingerprint density at radius 3 is 2.75 bits per heavy atom. The molecule has 84 valence electrons. The van der Waals surface area contributed by atoms with Gasteiger partial charge in [-0.1, -0.05) is 24.3 Å². The van der Waals surface area contributed by atoms with E-state index in [1.165, 1.54) is 31.2 Å². The van der Waals surface area contributed by atoms with E-state index in [1.54, 1.807) is 5.56 Å². The summed E-state index contributed by atoms with van der Waals surface area (Å²) in [5.41, 5.74) is 3.08. The van der Waals surface area contributed by atoms with Crippen molar-refractivity contribution in [2.75, 3.05) is 0 Å². The molecular weight excluding hydrogens is 196 g/mol. The monoisotopic (exact) mass is 214 g/mol. The summed E-state index contributed by atoms with van der Waals surface area (Å²) in [6.45, 7) is 0. The fraction of sp³-hybridized carbons (Fsp3) is 0.600. The Labute approximate surface area is 96.5 Å². The second-order valence-corrected chi connectivity index (χ2v) is 5.83. The molecule has 4 atom stereocenters. The van der Waals surface area contributed by atoms with Gasteiger partial charge in [0.1, 0.15) is 0 Å². The van der Waals surface area contributed by atoms with Crippen molar-refractivity contribution in [2.24, 2.45) is 17.8 Å². The van der Waals surface area contributed by atoms with Gasteiger partial charge in [0.05, 0.1) is 6.10 Å². The second-order valence-electron chi connectivity index (χ2n) is 5.83. The Morgan fingerprint density at radius 2 is 1.94 bits per heavy atom. The van der Waals surface area contributed by atoms with Crippen molar-refractivity contribution >= 4 is 0 Å². The van der Waals surface area contributed by atoms with Gasteiger partial charge in [0.15, 0.2) is 0 Å². The summed E-state index contributed by atoms with van der Waals surface area (Å²) in [6.07, 6.45) is 5.06. The van der Waals surface area contributed by atoms with E-state index in [-0.39, 0.29) is 6.10 Å². The molecule has 4 unspecified atom stereocenters. The molecule has 3 aliphatic carbocycles. The van der Waals surface area contributed by atoms with Crippen LogP contribution in [0.5, 0.6) is 0 Å². The Balaban J connectivity index is 1.64. The number of aliphatic hydroxyl groups excluding tert-OH is 1. The molecule has 2 saturated carbocycles. The highest BCUT2D eigenvalue weighted by atomic mass is 16.3. The molecule has 3 aliphatic rings. The van der Waals surface area contributed by atoms with Gasteiger partial charge in [-0.2, -0.15) is 0 Å². The minimum absolute atomic E-state index is 0.00107. The van der Waals surface area contributed by atoms with E-state index in [0.29, 0.717) is 17.8 Å². The van der Waals surface area contributed by atoms with Crippen molar-refractivity contribution in [3.63, 3.8) is 0 Å². The normalized spacial score (nSPS) is 37.4. The first-order valence-electron chi connectivity index (χ1n) is 6.62. The van der Waals surface area contributed by atoms with Crippen LogP contribution >= 0.6 is 0 Å². The van der Waals surface area contributed by atoms with Gasteiger partial charge in [-0.25, -0.2) is 0 Å². The molecule has 0 amide bonds. The lowest BCUT2D eigenvalue weighted by atomic mass is 9.92. The van der Waals surface area contributed by atoms with Crippen LogP contribution in [-0.4, -0.2) is 11.2 Å². The minimum atomic E-state index is 0.00107. The minimum Gasteiger partial charge on any atom is -0.393 e. The second kappa shape index (κ2) is 3.10. The summed E-state index contributed by atoms with van der Waals surface area (Å²) in [6, 6.07) is 8.85.